The maximum atomic E-state index is 12.1. The van der Waals surface area contributed by atoms with Crippen LogP contribution in [-0.2, 0) is 42.9 Å². The molecule has 0 saturated carbocycles. The van der Waals surface area contributed by atoms with E-state index in [2.05, 4.69) is 0 Å². The predicted molar refractivity (Wildman–Crippen MR) is 141 cm³/mol. The van der Waals surface area contributed by atoms with Gasteiger partial charge in [0.05, 0.1) is 5.02 Å². The average Bonchev–Trinajstić information content (AvgIpc) is 2.84. The highest BCUT2D eigenvalue weighted by Crippen LogP contribution is 2.40. The predicted octanol–water partition coefficient (Wildman–Crippen LogP) is 4.90. The molecule has 11 nitrogen and oxygen atoms in total. The summed E-state index contributed by atoms with van der Waals surface area (Å²) in [4.78, 5) is 47.6. The summed E-state index contributed by atoms with van der Waals surface area (Å²) in [5.74, 6) is -2.60. The Bertz CT molecular complexity index is 1270. The molecule has 2 aromatic rings. The zero-order chi connectivity index (χ0) is 29.6. The summed E-state index contributed by atoms with van der Waals surface area (Å²) in [6, 6.07) is 8.96. The molecule has 1 heterocycles. The molecular formula is C26H25Cl3O11. The molecule has 0 aliphatic carbocycles. The van der Waals surface area contributed by atoms with Gasteiger partial charge >= 0.3 is 23.9 Å². The van der Waals surface area contributed by atoms with E-state index in [1.165, 1.54) is 37.3 Å². The quantitative estimate of drug-likeness (QED) is 0.280. The Morgan fingerprint density at radius 3 is 1.82 bits per heavy atom. The standard InChI is InChI=1S/C26H25Cl3O11/c1-12(30)34-11-22-23(35-13(2)31)24(36-14(3)32)25(37-15(4)33)26(40-22)39-20-8-6-17(28)10-21(20)38-19-7-5-16(27)9-18(19)29/h5-10,22-26H,11H2,1-4H3. The van der Waals surface area contributed by atoms with E-state index >= 15 is 0 Å². The Morgan fingerprint density at radius 2 is 1.25 bits per heavy atom. The Morgan fingerprint density at radius 1 is 0.700 bits per heavy atom. The highest BCUT2D eigenvalue weighted by molar-refractivity contribution is 6.35. The van der Waals surface area contributed by atoms with Gasteiger partial charge in [-0.25, -0.2) is 0 Å². The summed E-state index contributed by atoms with van der Waals surface area (Å²) >= 11 is 18.4. The lowest BCUT2D eigenvalue weighted by Gasteiger charge is -2.44. The number of halogens is 3. The molecule has 0 aromatic heterocycles. The molecule has 0 spiro atoms. The van der Waals surface area contributed by atoms with Crippen LogP contribution in [0.2, 0.25) is 15.1 Å². The summed E-state index contributed by atoms with van der Waals surface area (Å²) < 4.78 is 39.2. The Hall–Kier alpha value is -3.25. The normalized spacial score (nSPS) is 22.0. The number of carbonyl (C=O) groups excluding carboxylic acids is 4. The molecular weight excluding hydrogens is 595 g/mol. The van der Waals surface area contributed by atoms with Gasteiger partial charge in [0.2, 0.25) is 12.4 Å². The number of esters is 4. The van der Waals surface area contributed by atoms with Crippen LogP contribution in [0.5, 0.6) is 17.2 Å². The SMILES string of the molecule is CC(=O)OCC1OC(Oc2ccc(Cl)cc2Oc2ccc(Cl)cc2Cl)C(OC(C)=O)C(OC(C)=O)C1OC(C)=O. The highest BCUT2D eigenvalue weighted by atomic mass is 35.5. The molecule has 1 saturated heterocycles. The molecule has 5 atom stereocenters. The third kappa shape index (κ3) is 8.62. The first-order chi connectivity index (χ1) is 18.8. The smallest absolute Gasteiger partial charge is 0.303 e. The molecule has 14 heteroatoms. The monoisotopic (exact) mass is 618 g/mol. The van der Waals surface area contributed by atoms with Crippen LogP contribution in [0.3, 0.4) is 0 Å². The third-order valence-electron chi connectivity index (χ3n) is 5.21. The molecule has 0 amide bonds. The van der Waals surface area contributed by atoms with Crippen molar-refractivity contribution in [2.45, 2.75) is 58.4 Å². The van der Waals surface area contributed by atoms with Gasteiger partial charge in [-0.2, -0.15) is 0 Å². The first kappa shape index (κ1) is 31.3. The van der Waals surface area contributed by atoms with Crippen LogP contribution in [0.4, 0.5) is 0 Å². The van der Waals surface area contributed by atoms with Gasteiger partial charge in [-0.05, 0) is 30.3 Å². The average molecular weight is 620 g/mol. The van der Waals surface area contributed by atoms with Crippen molar-refractivity contribution in [2.24, 2.45) is 0 Å². The van der Waals surface area contributed by atoms with Crippen LogP contribution in [0.1, 0.15) is 27.7 Å². The second-order valence-corrected chi connectivity index (χ2v) is 9.73. The van der Waals surface area contributed by atoms with Crippen molar-refractivity contribution in [3.05, 3.63) is 51.5 Å². The molecule has 5 unspecified atom stereocenters. The fourth-order valence-corrected chi connectivity index (χ4v) is 4.35. The van der Waals surface area contributed by atoms with Crippen molar-refractivity contribution in [2.75, 3.05) is 6.61 Å². The lowest BCUT2D eigenvalue weighted by molar-refractivity contribution is -0.288. The molecule has 1 aliphatic rings. The van der Waals surface area contributed by atoms with E-state index in [1.807, 2.05) is 0 Å². The van der Waals surface area contributed by atoms with Crippen molar-refractivity contribution in [3.8, 4) is 17.2 Å². The van der Waals surface area contributed by atoms with Crippen molar-refractivity contribution in [3.63, 3.8) is 0 Å². The van der Waals surface area contributed by atoms with E-state index in [0.717, 1.165) is 20.8 Å². The van der Waals surface area contributed by atoms with Gasteiger partial charge < -0.3 is 33.2 Å². The summed E-state index contributed by atoms with van der Waals surface area (Å²) in [5.41, 5.74) is 0. The third-order valence-corrected chi connectivity index (χ3v) is 5.98. The lowest BCUT2D eigenvalue weighted by atomic mass is 9.98. The molecule has 3 rings (SSSR count). The van der Waals surface area contributed by atoms with Gasteiger partial charge in [0.15, 0.2) is 23.7 Å². The number of carbonyl (C=O) groups is 4. The van der Waals surface area contributed by atoms with Gasteiger partial charge in [-0.3, -0.25) is 19.2 Å². The fraction of sp³-hybridized carbons (Fsp3) is 0.385. The second-order valence-electron chi connectivity index (χ2n) is 8.45. The van der Waals surface area contributed by atoms with Gasteiger partial charge in [0, 0.05) is 43.8 Å². The maximum Gasteiger partial charge on any atom is 0.303 e. The number of hydrogen-bond acceptors (Lipinski definition) is 11. The lowest BCUT2D eigenvalue weighted by Crippen LogP contribution is -2.63. The van der Waals surface area contributed by atoms with Crippen LogP contribution >= 0.6 is 34.8 Å². The molecule has 2 aromatic carbocycles. The van der Waals surface area contributed by atoms with Crippen LogP contribution in [0.25, 0.3) is 0 Å². The number of ether oxygens (including phenoxy) is 7. The molecule has 0 bridgehead atoms. The number of hydrogen-bond donors (Lipinski definition) is 0. The van der Waals surface area contributed by atoms with Crippen molar-refractivity contribution in [1.29, 1.82) is 0 Å². The minimum Gasteiger partial charge on any atom is -0.463 e. The minimum atomic E-state index is -1.48. The van der Waals surface area contributed by atoms with E-state index in [4.69, 9.17) is 68.0 Å². The molecule has 0 radical (unpaired) electrons. The van der Waals surface area contributed by atoms with Gasteiger partial charge in [0.1, 0.15) is 18.5 Å². The van der Waals surface area contributed by atoms with E-state index in [1.54, 1.807) is 6.07 Å². The van der Waals surface area contributed by atoms with Crippen molar-refractivity contribution < 1.29 is 52.3 Å². The van der Waals surface area contributed by atoms with E-state index in [0.29, 0.717) is 5.02 Å². The van der Waals surface area contributed by atoms with E-state index in [9.17, 15) is 19.2 Å². The summed E-state index contributed by atoms with van der Waals surface area (Å²) in [6.07, 6.45) is -6.87. The fourth-order valence-electron chi connectivity index (χ4n) is 3.74. The maximum absolute atomic E-state index is 12.1. The van der Waals surface area contributed by atoms with E-state index in [-0.39, 0.29) is 27.3 Å². The summed E-state index contributed by atoms with van der Waals surface area (Å²) in [6.45, 7) is 4.11. The molecule has 1 fully saturated rings. The zero-order valence-electron chi connectivity index (χ0n) is 21.7. The summed E-state index contributed by atoms with van der Waals surface area (Å²) in [5, 5.41) is 0.872. The Labute approximate surface area is 244 Å². The van der Waals surface area contributed by atoms with Crippen LogP contribution < -0.4 is 9.47 Å². The second kappa shape index (κ2) is 13.9. The van der Waals surface area contributed by atoms with Crippen molar-refractivity contribution in [1.82, 2.24) is 0 Å². The first-order valence-electron chi connectivity index (χ1n) is 11.7. The molecule has 1 aliphatic heterocycles. The van der Waals surface area contributed by atoms with Gasteiger partial charge in [0.25, 0.3) is 0 Å². The Balaban J connectivity index is 2.04. The molecule has 216 valence electrons. The van der Waals surface area contributed by atoms with Gasteiger partial charge in [-0.1, -0.05) is 34.8 Å². The summed E-state index contributed by atoms with van der Waals surface area (Å²) in [7, 11) is 0. The van der Waals surface area contributed by atoms with Crippen LogP contribution in [-0.4, -0.2) is 61.2 Å². The molecule has 40 heavy (non-hydrogen) atoms. The van der Waals surface area contributed by atoms with Crippen molar-refractivity contribution >= 4 is 58.7 Å². The minimum absolute atomic E-state index is 0.0521. The zero-order valence-corrected chi connectivity index (χ0v) is 24.0. The van der Waals surface area contributed by atoms with Crippen LogP contribution in [0.15, 0.2) is 36.4 Å². The Kier molecular flexibility index (Phi) is 10.9. The first-order valence-corrected chi connectivity index (χ1v) is 12.9. The molecule has 0 N–H and O–H groups in total. The van der Waals surface area contributed by atoms with E-state index < -0.39 is 61.2 Å². The number of rotatable bonds is 9. The largest absolute Gasteiger partial charge is 0.463 e. The topological polar surface area (TPSA) is 133 Å². The number of benzene rings is 2. The van der Waals surface area contributed by atoms with Crippen LogP contribution in [0, 0.1) is 0 Å². The highest BCUT2D eigenvalue weighted by Gasteiger charge is 2.53. The van der Waals surface area contributed by atoms with Gasteiger partial charge in [-0.15, -0.1) is 0 Å².